The summed E-state index contributed by atoms with van der Waals surface area (Å²) in [5, 5.41) is 33.4. The van der Waals surface area contributed by atoms with Crippen molar-refractivity contribution in [1.29, 1.82) is 0 Å². The minimum atomic E-state index is -0.769. The van der Waals surface area contributed by atoms with E-state index in [1.54, 1.807) is 0 Å². The SMILES string of the molecule is COc1cc(/C=N\n2cnnc2)cc([N+](=O)[O-])c1[O-]. The number of aromatic nitrogens is 3. The van der Waals surface area contributed by atoms with Gasteiger partial charge in [0.1, 0.15) is 18.4 Å². The lowest BCUT2D eigenvalue weighted by Gasteiger charge is -2.12. The molecule has 1 aromatic heterocycles. The summed E-state index contributed by atoms with van der Waals surface area (Å²) in [4.78, 5) is 9.99. The van der Waals surface area contributed by atoms with E-state index >= 15 is 0 Å². The summed E-state index contributed by atoms with van der Waals surface area (Å²) in [7, 11) is 1.27. The highest BCUT2D eigenvalue weighted by Crippen LogP contribution is 2.33. The van der Waals surface area contributed by atoms with E-state index < -0.39 is 16.4 Å². The molecule has 2 rings (SSSR count). The van der Waals surface area contributed by atoms with Gasteiger partial charge in [-0.25, -0.2) is 4.68 Å². The quantitative estimate of drug-likeness (QED) is 0.439. The van der Waals surface area contributed by atoms with Crippen molar-refractivity contribution in [2.24, 2.45) is 5.10 Å². The lowest BCUT2D eigenvalue weighted by molar-refractivity contribution is -0.398. The number of hydrogen-bond acceptors (Lipinski definition) is 7. The summed E-state index contributed by atoms with van der Waals surface area (Å²) < 4.78 is 6.11. The van der Waals surface area contributed by atoms with Crippen molar-refractivity contribution in [1.82, 2.24) is 14.9 Å². The van der Waals surface area contributed by atoms with Crippen LogP contribution in [0.2, 0.25) is 0 Å². The minimum absolute atomic E-state index is 0.112. The van der Waals surface area contributed by atoms with Crippen molar-refractivity contribution >= 4 is 11.9 Å². The number of ether oxygens (including phenoxy) is 1. The van der Waals surface area contributed by atoms with Crippen LogP contribution < -0.4 is 9.84 Å². The van der Waals surface area contributed by atoms with Crippen molar-refractivity contribution in [3.8, 4) is 11.5 Å². The zero-order valence-corrected chi connectivity index (χ0v) is 9.76. The van der Waals surface area contributed by atoms with Gasteiger partial charge in [-0.2, -0.15) is 5.10 Å². The van der Waals surface area contributed by atoms with Gasteiger partial charge in [0.25, 0.3) is 5.69 Å². The molecule has 0 bridgehead atoms. The Bertz CT molecular complexity index is 623. The molecule has 0 aliphatic carbocycles. The van der Waals surface area contributed by atoms with Crippen LogP contribution in [0.3, 0.4) is 0 Å². The van der Waals surface area contributed by atoms with E-state index in [2.05, 4.69) is 15.3 Å². The maximum atomic E-state index is 11.6. The Morgan fingerprint density at radius 1 is 1.42 bits per heavy atom. The van der Waals surface area contributed by atoms with Crippen LogP contribution in [-0.4, -0.2) is 33.1 Å². The second-order valence-electron chi connectivity index (χ2n) is 3.41. The van der Waals surface area contributed by atoms with Crippen LogP contribution in [0, 0.1) is 10.1 Å². The van der Waals surface area contributed by atoms with Gasteiger partial charge < -0.3 is 9.84 Å². The number of nitro benzene ring substituents is 1. The highest BCUT2D eigenvalue weighted by atomic mass is 16.6. The Morgan fingerprint density at radius 3 is 2.68 bits per heavy atom. The number of hydrogen-bond donors (Lipinski definition) is 0. The maximum absolute atomic E-state index is 11.6. The number of nitro groups is 1. The third kappa shape index (κ3) is 2.65. The van der Waals surface area contributed by atoms with Crippen molar-refractivity contribution in [2.45, 2.75) is 0 Å². The largest absolute Gasteiger partial charge is 0.865 e. The van der Waals surface area contributed by atoms with Gasteiger partial charge in [0, 0.05) is 17.4 Å². The summed E-state index contributed by atoms with van der Waals surface area (Å²) in [6.45, 7) is 0. The number of rotatable bonds is 4. The molecule has 0 atom stereocenters. The van der Waals surface area contributed by atoms with Gasteiger partial charge in [-0.05, 0) is 6.07 Å². The molecule has 2 aromatic rings. The molecule has 0 spiro atoms. The third-order valence-corrected chi connectivity index (χ3v) is 2.22. The monoisotopic (exact) mass is 262 g/mol. The van der Waals surface area contributed by atoms with Crippen LogP contribution in [0.25, 0.3) is 0 Å². The van der Waals surface area contributed by atoms with Crippen LogP contribution in [0.1, 0.15) is 5.56 Å². The van der Waals surface area contributed by atoms with Gasteiger partial charge in [-0.1, -0.05) is 0 Å². The van der Waals surface area contributed by atoms with Crippen molar-refractivity contribution in [2.75, 3.05) is 7.11 Å². The van der Waals surface area contributed by atoms with Crippen LogP contribution in [-0.2, 0) is 0 Å². The molecule has 0 N–H and O–H groups in total. The second kappa shape index (κ2) is 5.12. The summed E-state index contributed by atoms with van der Waals surface area (Å²) in [6, 6.07) is 2.49. The summed E-state index contributed by atoms with van der Waals surface area (Å²) in [5.74, 6) is -0.881. The zero-order valence-electron chi connectivity index (χ0n) is 9.76. The summed E-state index contributed by atoms with van der Waals surface area (Å²) in [6.07, 6.45) is 4.03. The molecule has 0 unspecified atom stereocenters. The predicted molar refractivity (Wildman–Crippen MR) is 62.1 cm³/mol. The van der Waals surface area contributed by atoms with Gasteiger partial charge in [-0.3, -0.25) is 10.1 Å². The smallest absolute Gasteiger partial charge is 0.266 e. The number of benzene rings is 1. The zero-order chi connectivity index (χ0) is 13.8. The molecule has 0 fully saturated rings. The van der Waals surface area contributed by atoms with E-state index in [4.69, 9.17) is 4.74 Å². The Labute approximate surface area is 106 Å². The summed E-state index contributed by atoms with van der Waals surface area (Å²) >= 11 is 0. The Morgan fingerprint density at radius 2 is 2.11 bits per heavy atom. The third-order valence-electron chi connectivity index (χ3n) is 2.22. The fourth-order valence-electron chi connectivity index (χ4n) is 1.36. The van der Waals surface area contributed by atoms with Gasteiger partial charge in [0.15, 0.2) is 0 Å². The Balaban J connectivity index is 2.41. The first-order valence-corrected chi connectivity index (χ1v) is 5.04. The molecule has 0 saturated heterocycles. The standard InChI is InChI=1S/C10H9N5O4/c1-19-9-3-7(2-8(10(9)16)15(17)18)4-13-14-5-11-12-6-14/h2-6,16H,1H3/p-1/b13-4-. The molecular formula is C10H8N5O4-. The molecular weight excluding hydrogens is 254 g/mol. The van der Waals surface area contributed by atoms with Crippen LogP contribution in [0.4, 0.5) is 5.69 Å². The van der Waals surface area contributed by atoms with Crippen molar-refractivity contribution < 1.29 is 14.8 Å². The van der Waals surface area contributed by atoms with Gasteiger partial charge in [-0.15, -0.1) is 10.2 Å². The van der Waals surface area contributed by atoms with Gasteiger partial charge >= 0.3 is 0 Å². The molecule has 0 saturated carbocycles. The van der Waals surface area contributed by atoms with Gasteiger partial charge in [0.05, 0.1) is 18.2 Å². The first-order valence-electron chi connectivity index (χ1n) is 5.04. The topological polar surface area (TPSA) is 118 Å². The molecule has 19 heavy (non-hydrogen) atoms. The van der Waals surface area contributed by atoms with E-state index in [0.29, 0.717) is 5.56 Å². The normalized spacial score (nSPS) is 10.8. The average molecular weight is 262 g/mol. The lowest BCUT2D eigenvalue weighted by atomic mass is 10.2. The average Bonchev–Trinajstić information content (AvgIpc) is 2.90. The Hall–Kier alpha value is -2.97. The number of methoxy groups -OCH3 is 1. The van der Waals surface area contributed by atoms with E-state index in [0.717, 1.165) is 6.07 Å². The first-order chi connectivity index (χ1) is 9.11. The van der Waals surface area contributed by atoms with Crippen LogP contribution >= 0.6 is 0 Å². The molecule has 1 heterocycles. The predicted octanol–water partition coefficient (Wildman–Crippen LogP) is 0.151. The second-order valence-corrected chi connectivity index (χ2v) is 3.41. The Kier molecular flexibility index (Phi) is 3.37. The van der Waals surface area contributed by atoms with E-state index in [1.807, 2.05) is 0 Å². The molecule has 0 aliphatic heterocycles. The highest BCUT2D eigenvalue weighted by molar-refractivity contribution is 5.82. The van der Waals surface area contributed by atoms with Crippen molar-refractivity contribution in [3.63, 3.8) is 0 Å². The van der Waals surface area contributed by atoms with Crippen molar-refractivity contribution in [3.05, 3.63) is 40.5 Å². The van der Waals surface area contributed by atoms with Crippen LogP contribution in [0.5, 0.6) is 11.5 Å². The molecule has 0 aliphatic rings. The number of nitrogens with zero attached hydrogens (tertiary/aromatic N) is 5. The molecule has 1 aromatic carbocycles. The lowest BCUT2D eigenvalue weighted by Crippen LogP contribution is -2.02. The maximum Gasteiger partial charge on any atom is 0.266 e. The highest BCUT2D eigenvalue weighted by Gasteiger charge is 2.12. The molecule has 0 radical (unpaired) electrons. The fourth-order valence-corrected chi connectivity index (χ4v) is 1.36. The van der Waals surface area contributed by atoms with E-state index in [-0.39, 0.29) is 5.75 Å². The van der Waals surface area contributed by atoms with E-state index in [9.17, 15) is 15.2 Å². The van der Waals surface area contributed by atoms with Gasteiger partial charge in [0.2, 0.25) is 0 Å². The van der Waals surface area contributed by atoms with E-state index in [1.165, 1.54) is 36.7 Å². The summed E-state index contributed by atoms with van der Waals surface area (Å²) in [5.41, 5.74) is -0.207. The fraction of sp³-hybridized carbons (Fsp3) is 0.100. The molecule has 0 amide bonds. The van der Waals surface area contributed by atoms with Crippen LogP contribution in [0.15, 0.2) is 29.9 Å². The minimum Gasteiger partial charge on any atom is -0.865 e. The molecule has 9 nitrogen and oxygen atoms in total. The molecule has 9 heteroatoms. The first kappa shape index (κ1) is 12.5. The molecule has 98 valence electrons.